The summed E-state index contributed by atoms with van der Waals surface area (Å²) < 4.78 is 34.5. The highest BCUT2D eigenvalue weighted by atomic mass is 31.2. The Morgan fingerprint density at radius 3 is 1.15 bits per heavy atom. The number of hydrogen-bond acceptors (Lipinski definition) is 7. The Kier molecular flexibility index (Phi) is 52.4. The summed E-state index contributed by atoms with van der Waals surface area (Å²) in [6, 6.07) is 0. The summed E-state index contributed by atoms with van der Waals surface area (Å²) in [4.78, 5) is 35.7. The number of ether oxygens (including phenoxy) is 2. The molecule has 0 bridgehead atoms. The van der Waals surface area contributed by atoms with Crippen LogP contribution in [-0.4, -0.2) is 74.9 Å². The van der Waals surface area contributed by atoms with E-state index in [0.29, 0.717) is 17.4 Å². The molecule has 0 heterocycles. The number of phosphoric acid groups is 1. The van der Waals surface area contributed by atoms with Gasteiger partial charge in [-0.3, -0.25) is 18.6 Å². The fourth-order valence-electron chi connectivity index (χ4n) is 8.03. The van der Waals surface area contributed by atoms with E-state index in [0.717, 1.165) is 83.5 Å². The summed E-state index contributed by atoms with van der Waals surface area (Å²) in [6.45, 7) is 4.28. The number of likely N-dealkylation sites (N-methyl/N-ethyl adjacent to an activating group) is 1. The van der Waals surface area contributed by atoms with Crippen molar-refractivity contribution in [3.8, 4) is 0 Å². The molecule has 0 aliphatic heterocycles. The molecule has 0 aromatic carbocycles. The quantitative estimate of drug-likeness (QED) is 0.0211. The van der Waals surface area contributed by atoms with Crippen molar-refractivity contribution < 1.29 is 42.1 Å². The van der Waals surface area contributed by atoms with Gasteiger partial charge in [0.1, 0.15) is 19.8 Å². The van der Waals surface area contributed by atoms with Gasteiger partial charge in [-0.25, -0.2) is 4.57 Å². The molecule has 0 aromatic heterocycles. The molecule has 0 aromatic rings. The lowest BCUT2D eigenvalue weighted by atomic mass is 10.0. The molecule has 0 fully saturated rings. The van der Waals surface area contributed by atoms with Crippen LogP contribution in [-0.2, 0) is 32.7 Å². The predicted molar refractivity (Wildman–Crippen MR) is 316 cm³/mol. The van der Waals surface area contributed by atoms with Crippen LogP contribution in [0.5, 0.6) is 0 Å². The summed E-state index contributed by atoms with van der Waals surface area (Å²) in [5.41, 5.74) is 0. The summed E-state index contributed by atoms with van der Waals surface area (Å²) >= 11 is 0. The average molecular weight is 1060 g/mol. The molecule has 1 N–H and O–H groups in total. The van der Waals surface area contributed by atoms with Crippen LogP contribution in [0.1, 0.15) is 245 Å². The molecule has 426 valence electrons. The fourth-order valence-corrected chi connectivity index (χ4v) is 8.77. The van der Waals surface area contributed by atoms with Crippen molar-refractivity contribution in [2.45, 2.75) is 251 Å². The SMILES string of the molecule is CC/C=C\C/C=C\C/C=C\C/C=C\C/C=C\C/C=C\C/C=C\C/C=C\CCCCC(=O)OC(COC(=O)CCCCCCCCCCCCCCCCCCCCCCCCC)COP(=O)(O)OCC[N+](C)(C)C. The molecule has 2 unspecified atom stereocenters. The normalized spacial score (nSPS) is 14.0. The number of hydrogen-bond donors (Lipinski definition) is 1. The number of carbonyl (C=O) groups excluding carboxylic acids is 2. The molecule has 9 nitrogen and oxygen atoms in total. The van der Waals surface area contributed by atoms with E-state index in [9.17, 15) is 19.0 Å². The van der Waals surface area contributed by atoms with Gasteiger partial charge in [0.15, 0.2) is 6.10 Å². The van der Waals surface area contributed by atoms with Crippen molar-refractivity contribution >= 4 is 19.8 Å². The highest BCUT2D eigenvalue weighted by Crippen LogP contribution is 2.43. The van der Waals surface area contributed by atoms with Crippen LogP contribution in [0.2, 0.25) is 0 Å². The van der Waals surface area contributed by atoms with Crippen LogP contribution < -0.4 is 0 Å². The average Bonchev–Trinajstić information content (AvgIpc) is 3.36. The first-order valence-corrected chi connectivity index (χ1v) is 31.5. The van der Waals surface area contributed by atoms with Gasteiger partial charge in [0.05, 0.1) is 27.7 Å². The standard InChI is InChI=1S/C64H112NO8P/c1-6-8-10-12-14-16-18-20-22-24-26-28-30-31-32-33-35-37-39-41-43-45-47-49-51-53-55-57-64(67)73-62(61-72-74(68,69)71-59-58-65(3,4)5)60-70-63(66)56-54-52-50-48-46-44-42-40-38-36-34-29-27-25-23-21-19-17-15-13-11-9-7-2/h8,10,14,16,20,22,26,28,31-32,35,37,41,43,47,49,62H,6-7,9,11-13,15,17-19,21,23-25,27,29-30,33-34,36,38-40,42,44-46,48,50-61H2,1-5H3/p+1/b10-8-,16-14-,22-20-,28-26-,32-31-,37-35-,43-41-,49-47-. The molecule has 0 radical (unpaired) electrons. The second-order valence-electron chi connectivity index (χ2n) is 21.0. The monoisotopic (exact) mass is 1050 g/mol. The molecule has 74 heavy (non-hydrogen) atoms. The number of carbonyl (C=O) groups is 2. The van der Waals surface area contributed by atoms with Crippen LogP contribution in [0.25, 0.3) is 0 Å². The minimum Gasteiger partial charge on any atom is -0.462 e. The minimum absolute atomic E-state index is 0.0192. The maximum absolute atomic E-state index is 12.8. The van der Waals surface area contributed by atoms with Gasteiger partial charge in [-0.1, -0.05) is 252 Å². The number of esters is 2. The van der Waals surface area contributed by atoms with E-state index < -0.39 is 26.5 Å². The molecular formula is C64H113NO8P+. The van der Waals surface area contributed by atoms with E-state index in [-0.39, 0.29) is 32.0 Å². The first-order valence-electron chi connectivity index (χ1n) is 30.0. The molecule has 10 heteroatoms. The minimum atomic E-state index is -4.40. The zero-order valence-corrected chi connectivity index (χ0v) is 49.2. The third-order valence-electron chi connectivity index (χ3n) is 12.6. The highest BCUT2D eigenvalue weighted by molar-refractivity contribution is 7.47. The van der Waals surface area contributed by atoms with Gasteiger partial charge in [0.25, 0.3) is 0 Å². The number of phosphoric ester groups is 1. The molecule has 0 aliphatic rings. The van der Waals surface area contributed by atoms with Crippen molar-refractivity contribution in [3.05, 3.63) is 97.2 Å². The van der Waals surface area contributed by atoms with Gasteiger partial charge < -0.3 is 18.9 Å². The zero-order valence-electron chi connectivity index (χ0n) is 48.3. The molecule has 0 saturated heterocycles. The smallest absolute Gasteiger partial charge is 0.462 e. The number of unbranched alkanes of at least 4 members (excludes halogenated alkanes) is 24. The van der Waals surface area contributed by atoms with Crippen molar-refractivity contribution in [2.75, 3.05) is 47.5 Å². The van der Waals surface area contributed by atoms with Gasteiger partial charge in [0.2, 0.25) is 0 Å². The van der Waals surface area contributed by atoms with Crippen LogP contribution in [0.15, 0.2) is 97.2 Å². The Morgan fingerprint density at radius 1 is 0.432 bits per heavy atom. The Balaban J connectivity index is 4.26. The van der Waals surface area contributed by atoms with E-state index in [1.807, 2.05) is 21.1 Å². The van der Waals surface area contributed by atoms with Crippen molar-refractivity contribution in [1.29, 1.82) is 0 Å². The first-order chi connectivity index (χ1) is 36.0. The third-order valence-corrected chi connectivity index (χ3v) is 13.6. The molecular weight excluding hydrogens is 942 g/mol. The largest absolute Gasteiger partial charge is 0.472 e. The number of rotatable bonds is 54. The van der Waals surface area contributed by atoms with E-state index in [1.54, 1.807) is 0 Å². The van der Waals surface area contributed by atoms with Crippen LogP contribution in [0.3, 0.4) is 0 Å². The maximum atomic E-state index is 12.8. The molecule has 0 saturated carbocycles. The second-order valence-corrected chi connectivity index (χ2v) is 22.5. The lowest BCUT2D eigenvalue weighted by Gasteiger charge is -2.24. The summed E-state index contributed by atoms with van der Waals surface area (Å²) in [5, 5.41) is 0. The van der Waals surface area contributed by atoms with Crippen LogP contribution in [0, 0.1) is 0 Å². The molecule has 0 aliphatic carbocycles. The Bertz CT molecular complexity index is 1570. The van der Waals surface area contributed by atoms with E-state index in [4.69, 9.17) is 18.5 Å². The van der Waals surface area contributed by atoms with Gasteiger partial charge in [-0.15, -0.1) is 0 Å². The zero-order chi connectivity index (χ0) is 54.2. The topological polar surface area (TPSA) is 108 Å². The van der Waals surface area contributed by atoms with Crippen LogP contribution in [0.4, 0.5) is 0 Å². The lowest BCUT2D eigenvalue weighted by molar-refractivity contribution is -0.870. The predicted octanol–water partition coefficient (Wildman–Crippen LogP) is 18.8. The summed E-state index contributed by atoms with van der Waals surface area (Å²) in [6.07, 6.45) is 74.9. The number of nitrogens with zero attached hydrogens (tertiary/aromatic N) is 1. The Hall–Kier alpha value is -3.07. The van der Waals surface area contributed by atoms with Gasteiger partial charge >= 0.3 is 19.8 Å². The Morgan fingerprint density at radius 2 is 0.770 bits per heavy atom. The summed E-state index contributed by atoms with van der Waals surface area (Å²) in [7, 11) is 1.44. The van der Waals surface area contributed by atoms with E-state index in [2.05, 4.69) is 111 Å². The van der Waals surface area contributed by atoms with Crippen molar-refractivity contribution in [2.24, 2.45) is 0 Å². The van der Waals surface area contributed by atoms with Gasteiger partial charge in [-0.05, 0) is 77.0 Å². The lowest BCUT2D eigenvalue weighted by Crippen LogP contribution is -2.37. The second kappa shape index (κ2) is 54.7. The number of allylic oxidation sites excluding steroid dienone is 16. The highest BCUT2D eigenvalue weighted by Gasteiger charge is 2.27. The first kappa shape index (κ1) is 70.9. The molecule has 2 atom stereocenters. The molecule has 0 amide bonds. The van der Waals surface area contributed by atoms with E-state index in [1.165, 1.54) is 128 Å². The van der Waals surface area contributed by atoms with Gasteiger partial charge in [-0.2, -0.15) is 0 Å². The number of quaternary nitrogens is 1. The Labute approximate surface area is 455 Å². The van der Waals surface area contributed by atoms with Crippen LogP contribution >= 0.6 is 7.82 Å². The van der Waals surface area contributed by atoms with Crippen molar-refractivity contribution in [3.63, 3.8) is 0 Å². The third kappa shape index (κ3) is 58.2. The van der Waals surface area contributed by atoms with Crippen molar-refractivity contribution in [1.82, 2.24) is 0 Å². The summed E-state index contributed by atoms with van der Waals surface area (Å²) in [5.74, 6) is -0.847. The maximum Gasteiger partial charge on any atom is 0.472 e. The molecule has 0 spiro atoms. The molecule has 0 rings (SSSR count). The fraction of sp³-hybridized carbons (Fsp3) is 0.719. The van der Waals surface area contributed by atoms with E-state index >= 15 is 0 Å². The van der Waals surface area contributed by atoms with Gasteiger partial charge in [0, 0.05) is 12.8 Å².